The minimum atomic E-state index is -0.439. The maximum Gasteiger partial charge on any atom is 0.279 e. The summed E-state index contributed by atoms with van der Waals surface area (Å²) in [7, 11) is 0. The van der Waals surface area contributed by atoms with Crippen molar-refractivity contribution in [2.45, 2.75) is 6.61 Å². The minimum absolute atomic E-state index is 0.0438. The molecule has 0 bridgehead atoms. The topological polar surface area (TPSA) is 67.8 Å². The Kier molecular flexibility index (Phi) is 6.82. The Labute approximate surface area is 196 Å². The van der Waals surface area contributed by atoms with E-state index < -0.39 is 5.91 Å². The largest absolute Gasteiger partial charge is 0.488 e. The molecule has 0 unspecified atom stereocenters. The van der Waals surface area contributed by atoms with Crippen LogP contribution in [0, 0.1) is 5.82 Å². The number of carbonyl (C=O) groups excluding carboxylic acids is 2. The number of nitrogens with zero attached hydrogens (tertiary/aromatic N) is 1. The van der Waals surface area contributed by atoms with Crippen molar-refractivity contribution in [3.63, 3.8) is 0 Å². The number of carbonyl (C=O) groups is 2. The maximum absolute atomic E-state index is 13.9. The first kappa shape index (κ1) is 22.0. The molecule has 0 aliphatic carbocycles. The predicted molar refractivity (Wildman–Crippen MR) is 127 cm³/mol. The van der Waals surface area contributed by atoms with Crippen molar-refractivity contribution in [1.29, 1.82) is 0 Å². The van der Waals surface area contributed by atoms with Gasteiger partial charge in [0.25, 0.3) is 11.8 Å². The highest BCUT2D eigenvalue weighted by molar-refractivity contribution is 9.10. The van der Waals surface area contributed by atoms with Crippen LogP contribution in [0.3, 0.4) is 0 Å². The van der Waals surface area contributed by atoms with Crippen LogP contribution in [0.5, 0.6) is 5.75 Å². The van der Waals surface area contributed by atoms with E-state index in [4.69, 9.17) is 4.74 Å². The number of halogens is 2. The van der Waals surface area contributed by atoms with Gasteiger partial charge in [-0.15, -0.1) is 0 Å². The molecule has 0 spiro atoms. The number of amides is 2. The molecule has 1 heterocycles. The Morgan fingerprint density at radius 3 is 2.62 bits per heavy atom. The molecular formula is C24H16BrFN2O3S. The summed E-state index contributed by atoms with van der Waals surface area (Å²) in [5, 5.41) is 2.81. The number of ether oxygens (including phenoxy) is 1. The Balaban J connectivity index is 1.55. The second kappa shape index (κ2) is 9.93. The minimum Gasteiger partial charge on any atom is -0.488 e. The number of amidine groups is 1. The molecule has 1 N–H and O–H groups in total. The summed E-state index contributed by atoms with van der Waals surface area (Å²) in [6.07, 6.45) is 1.65. The molecule has 0 aromatic heterocycles. The van der Waals surface area contributed by atoms with Crippen LogP contribution in [0.1, 0.15) is 21.5 Å². The molecule has 8 heteroatoms. The fourth-order valence-electron chi connectivity index (χ4n) is 2.89. The molecule has 0 saturated carbocycles. The first-order chi connectivity index (χ1) is 15.5. The Hall–Kier alpha value is -3.23. The fourth-order valence-corrected chi connectivity index (χ4v) is 4.08. The van der Waals surface area contributed by atoms with Crippen molar-refractivity contribution >= 4 is 50.7 Å². The summed E-state index contributed by atoms with van der Waals surface area (Å²) >= 11 is 4.49. The third-order valence-corrected chi connectivity index (χ3v) is 5.88. The van der Waals surface area contributed by atoms with E-state index in [1.807, 2.05) is 0 Å². The summed E-state index contributed by atoms with van der Waals surface area (Å²) in [4.78, 5) is 29.1. The average molecular weight is 511 g/mol. The lowest BCUT2D eigenvalue weighted by Gasteiger charge is -2.11. The lowest BCUT2D eigenvalue weighted by molar-refractivity contribution is -0.115. The third-order valence-electron chi connectivity index (χ3n) is 4.47. The first-order valence-corrected chi connectivity index (χ1v) is 11.2. The van der Waals surface area contributed by atoms with Crippen LogP contribution in [0.25, 0.3) is 6.08 Å². The van der Waals surface area contributed by atoms with Crippen molar-refractivity contribution in [3.8, 4) is 5.75 Å². The molecule has 4 rings (SSSR count). The van der Waals surface area contributed by atoms with Crippen LogP contribution < -0.4 is 10.1 Å². The molecule has 0 radical (unpaired) electrons. The van der Waals surface area contributed by atoms with Gasteiger partial charge in [0.15, 0.2) is 5.17 Å². The van der Waals surface area contributed by atoms with Crippen LogP contribution in [0.2, 0.25) is 0 Å². The summed E-state index contributed by atoms with van der Waals surface area (Å²) in [5.41, 5.74) is 1.49. The van der Waals surface area contributed by atoms with Gasteiger partial charge in [0, 0.05) is 21.2 Å². The van der Waals surface area contributed by atoms with Crippen molar-refractivity contribution in [1.82, 2.24) is 5.32 Å². The second-order valence-corrected chi connectivity index (χ2v) is 8.66. The van der Waals surface area contributed by atoms with Gasteiger partial charge in [-0.2, -0.15) is 4.99 Å². The van der Waals surface area contributed by atoms with Gasteiger partial charge in [-0.3, -0.25) is 9.59 Å². The lowest BCUT2D eigenvalue weighted by Crippen LogP contribution is -2.20. The van der Waals surface area contributed by atoms with Crippen LogP contribution in [0.4, 0.5) is 4.39 Å². The Morgan fingerprint density at radius 2 is 1.84 bits per heavy atom. The molecule has 0 atom stereocenters. The van der Waals surface area contributed by atoms with Gasteiger partial charge >= 0.3 is 0 Å². The molecule has 160 valence electrons. The number of thioether (sulfide) groups is 1. The van der Waals surface area contributed by atoms with E-state index in [0.717, 1.165) is 16.2 Å². The third kappa shape index (κ3) is 5.33. The SMILES string of the molecule is O=C1NC(=NC(=O)c2ccccc2)S/C1=C\c1cc(Br)ccc1OCc1ccccc1F. The molecule has 1 aliphatic rings. The summed E-state index contributed by atoms with van der Waals surface area (Å²) in [6.45, 7) is 0.0438. The summed E-state index contributed by atoms with van der Waals surface area (Å²) in [6, 6.07) is 20.3. The van der Waals surface area contributed by atoms with Gasteiger partial charge in [-0.1, -0.05) is 52.3 Å². The molecule has 3 aromatic rings. The first-order valence-electron chi connectivity index (χ1n) is 9.54. The summed E-state index contributed by atoms with van der Waals surface area (Å²) < 4.78 is 20.5. The molecular weight excluding hydrogens is 495 g/mol. The van der Waals surface area contributed by atoms with E-state index >= 15 is 0 Å². The Morgan fingerprint density at radius 1 is 1.09 bits per heavy atom. The zero-order valence-electron chi connectivity index (χ0n) is 16.5. The molecule has 3 aromatic carbocycles. The smallest absolute Gasteiger partial charge is 0.279 e. The quantitative estimate of drug-likeness (QED) is 0.455. The lowest BCUT2D eigenvalue weighted by atomic mass is 10.1. The van der Waals surface area contributed by atoms with E-state index in [2.05, 4.69) is 26.2 Å². The zero-order chi connectivity index (χ0) is 22.5. The molecule has 2 amide bonds. The number of nitrogens with one attached hydrogen (secondary N) is 1. The van der Waals surface area contributed by atoms with E-state index in [1.54, 1.807) is 72.8 Å². The van der Waals surface area contributed by atoms with Gasteiger partial charge in [0.2, 0.25) is 0 Å². The number of benzene rings is 3. The molecule has 32 heavy (non-hydrogen) atoms. The van der Waals surface area contributed by atoms with E-state index in [1.165, 1.54) is 6.07 Å². The van der Waals surface area contributed by atoms with E-state index in [9.17, 15) is 14.0 Å². The van der Waals surface area contributed by atoms with Gasteiger partial charge in [0.05, 0.1) is 4.91 Å². The van der Waals surface area contributed by atoms with E-state index in [-0.39, 0.29) is 23.5 Å². The highest BCUT2D eigenvalue weighted by Crippen LogP contribution is 2.31. The van der Waals surface area contributed by atoms with Gasteiger partial charge < -0.3 is 10.1 Å². The number of aliphatic imine (C=N–C) groups is 1. The van der Waals surface area contributed by atoms with Crippen molar-refractivity contribution < 1.29 is 18.7 Å². The van der Waals surface area contributed by atoms with Crippen molar-refractivity contribution in [2.24, 2.45) is 4.99 Å². The van der Waals surface area contributed by atoms with E-state index in [0.29, 0.717) is 27.3 Å². The predicted octanol–water partition coefficient (Wildman–Crippen LogP) is 5.57. The molecule has 1 fully saturated rings. The zero-order valence-corrected chi connectivity index (χ0v) is 19.0. The normalized spacial score (nSPS) is 15.8. The monoisotopic (exact) mass is 510 g/mol. The van der Waals surface area contributed by atoms with Crippen molar-refractivity contribution in [3.05, 3.63) is 105 Å². The highest BCUT2D eigenvalue weighted by Gasteiger charge is 2.25. The van der Waals surface area contributed by atoms with Crippen LogP contribution in [0.15, 0.2) is 87.2 Å². The van der Waals surface area contributed by atoms with Crippen LogP contribution in [-0.4, -0.2) is 17.0 Å². The number of hydrogen-bond donors (Lipinski definition) is 1. The molecule has 1 saturated heterocycles. The number of hydrogen-bond acceptors (Lipinski definition) is 4. The van der Waals surface area contributed by atoms with Crippen LogP contribution in [-0.2, 0) is 11.4 Å². The number of rotatable bonds is 5. The highest BCUT2D eigenvalue weighted by atomic mass is 79.9. The van der Waals surface area contributed by atoms with Crippen LogP contribution >= 0.6 is 27.7 Å². The summed E-state index contributed by atoms with van der Waals surface area (Å²) in [5.74, 6) is -0.664. The second-order valence-electron chi connectivity index (χ2n) is 6.72. The Bertz CT molecular complexity index is 1250. The average Bonchev–Trinajstić information content (AvgIpc) is 3.13. The van der Waals surface area contributed by atoms with Gasteiger partial charge in [-0.25, -0.2) is 4.39 Å². The van der Waals surface area contributed by atoms with Gasteiger partial charge in [0.1, 0.15) is 18.2 Å². The maximum atomic E-state index is 13.9. The standard InChI is InChI=1S/C24H16BrFN2O3S/c25-18-10-11-20(31-14-16-8-4-5-9-19(16)26)17(12-18)13-21-23(30)28-24(32-21)27-22(29)15-6-2-1-3-7-15/h1-13H,14H2,(H,27,28,29,30)/b21-13-. The van der Waals surface area contributed by atoms with Crippen molar-refractivity contribution in [2.75, 3.05) is 0 Å². The van der Waals surface area contributed by atoms with Gasteiger partial charge in [-0.05, 0) is 54.2 Å². The molecule has 1 aliphatic heterocycles. The molecule has 5 nitrogen and oxygen atoms in total. The fraction of sp³-hybridized carbons (Fsp3) is 0.0417.